The molecule has 5 heteroatoms. The average Bonchev–Trinajstić information content (AvgIpc) is 2.35. The van der Waals surface area contributed by atoms with Crippen LogP contribution in [0.4, 0.5) is 0 Å². The third-order valence-corrected chi connectivity index (χ3v) is 3.07. The van der Waals surface area contributed by atoms with Gasteiger partial charge in [-0.2, -0.15) is 0 Å². The van der Waals surface area contributed by atoms with E-state index in [0.717, 1.165) is 5.56 Å². The summed E-state index contributed by atoms with van der Waals surface area (Å²) >= 11 is 17.0. The number of pyridine rings is 1. The number of aryl methyl sites for hydroxylation is 1. The minimum absolute atomic E-state index is 0.249. The van der Waals surface area contributed by atoms with Gasteiger partial charge in [-0.25, -0.2) is 4.98 Å². The van der Waals surface area contributed by atoms with Gasteiger partial charge in [0.05, 0.1) is 10.6 Å². The lowest BCUT2D eigenvalue weighted by molar-refractivity contribution is 0.566. The summed E-state index contributed by atoms with van der Waals surface area (Å²) in [6, 6.07) is 9.19. The molecule has 1 heterocycles. The van der Waals surface area contributed by atoms with Crippen molar-refractivity contribution in [1.29, 1.82) is 0 Å². The van der Waals surface area contributed by atoms with Crippen LogP contribution in [0.25, 0.3) is 0 Å². The Bertz CT molecular complexity index is 584. The quantitative estimate of drug-likeness (QED) is 0.604. The zero-order valence-corrected chi connectivity index (χ0v) is 11.8. The molecule has 0 fully saturated rings. The predicted molar refractivity (Wildman–Crippen MR) is 77.8 cm³/mol. The molecule has 0 saturated heterocycles. The Labute approximate surface area is 121 Å². The van der Waals surface area contributed by atoms with Gasteiger partial charge in [0.2, 0.25) is 5.05 Å². The van der Waals surface area contributed by atoms with Crippen molar-refractivity contribution in [1.82, 2.24) is 4.98 Å². The molecule has 0 aliphatic rings. The molecule has 0 spiro atoms. The Morgan fingerprint density at radius 3 is 2.56 bits per heavy atom. The largest absolute Gasteiger partial charge is 0.445 e. The molecule has 0 amide bonds. The summed E-state index contributed by atoms with van der Waals surface area (Å²) in [5.41, 5.74) is 1.66. The van der Waals surface area contributed by atoms with Gasteiger partial charge in [-0.05, 0) is 37.3 Å². The molecular weight excluding hydrogens is 289 g/mol. The number of ether oxygens (including phenoxy) is 1. The van der Waals surface area contributed by atoms with E-state index in [4.69, 9.17) is 40.2 Å². The molecule has 92 valence electrons. The summed E-state index contributed by atoms with van der Waals surface area (Å²) in [6.45, 7) is 2.00. The van der Waals surface area contributed by atoms with Gasteiger partial charge in [0.15, 0.2) is 0 Å². The Morgan fingerprint density at radius 1 is 1.22 bits per heavy atom. The number of hydrogen-bond acceptors (Lipinski definition) is 3. The molecule has 1 aromatic heterocycles. The van der Waals surface area contributed by atoms with Gasteiger partial charge < -0.3 is 4.74 Å². The summed E-state index contributed by atoms with van der Waals surface area (Å²) in [5, 5.41) is 0.986. The van der Waals surface area contributed by atoms with Crippen LogP contribution < -0.4 is 4.74 Å². The van der Waals surface area contributed by atoms with Crippen molar-refractivity contribution in [2.24, 2.45) is 0 Å². The second-order valence-electron chi connectivity index (χ2n) is 3.69. The minimum atomic E-state index is 0.249. The van der Waals surface area contributed by atoms with Crippen LogP contribution in [0.2, 0.25) is 10.2 Å². The maximum atomic E-state index is 5.95. The molecule has 0 radical (unpaired) electrons. The van der Waals surface area contributed by atoms with Crippen LogP contribution in [0.3, 0.4) is 0 Å². The predicted octanol–water partition coefficient (Wildman–Crippen LogP) is 4.45. The molecule has 2 rings (SSSR count). The van der Waals surface area contributed by atoms with Gasteiger partial charge in [0, 0.05) is 6.20 Å². The third kappa shape index (κ3) is 3.19. The van der Waals surface area contributed by atoms with E-state index in [1.165, 1.54) is 6.20 Å². The van der Waals surface area contributed by atoms with Crippen molar-refractivity contribution in [2.45, 2.75) is 6.92 Å². The monoisotopic (exact) mass is 297 g/mol. The molecule has 0 saturated carbocycles. The van der Waals surface area contributed by atoms with Crippen molar-refractivity contribution in [3.8, 4) is 5.75 Å². The van der Waals surface area contributed by atoms with E-state index in [2.05, 4.69) is 4.98 Å². The standard InChI is InChI=1S/C13H9Cl2NOS/c1-8-2-4-10(5-3-8)17-13(18)11-6-9(14)7-16-12(11)15/h2-7H,1H3. The molecule has 0 aliphatic heterocycles. The number of benzene rings is 1. The van der Waals surface area contributed by atoms with Crippen LogP contribution in [0.1, 0.15) is 11.1 Å². The fourth-order valence-electron chi connectivity index (χ4n) is 1.33. The summed E-state index contributed by atoms with van der Waals surface area (Å²) in [5.74, 6) is 0.654. The first-order valence-electron chi connectivity index (χ1n) is 5.16. The van der Waals surface area contributed by atoms with Crippen LogP contribution in [-0.4, -0.2) is 10.0 Å². The van der Waals surface area contributed by atoms with Crippen molar-refractivity contribution in [2.75, 3.05) is 0 Å². The first kappa shape index (κ1) is 13.3. The lowest BCUT2D eigenvalue weighted by Gasteiger charge is -2.08. The minimum Gasteiger partial charge on any atom is -0.445 e. The summed E-state index contributed by atoms with van der Waals surface area (Å²) < 4.78 is 5.54. The van der Waals surface area contributed by atoms with Crippen LogP contribution in [0.5, 0.6) is 5.75 Å². The molecule has 0 N–H and O–H groups in total. The van der Waals surface area contributed by atoms with E-state index >= 15 is 0 Å². The fourth-order valence-corrected chi connectivity index (χ4v) is 1.99. The smallest absolute Gasteiger partial charge is 0.201 e. The summed E-state index contributed by atoms with van der Waals surface area (Å²) in [4.78, 5) is 3.92. The topological polar surface area (TPSA) is 22.1 Å². The van der Waals surface area contributed by atoms with Crippen LogP contribution in [0.15, 0.2) is 36.5 Å². The third-order valence-electron chi connectivity index (χ3n) is 2.26. The van der Waals surface area contributed by atoms with Gasteiger partial charge in [-0.15, -0.1) is 0 Å². The summed E-state index contributed by atoms with van der Waals surface area (Å²) in [7, 11) is 0. The van der Waals surface area contributed by atoms with E-state index in [0.29, 0.717) is 16.3 Å². The molecule has 18 heavy (non-hydrogen) atoms. The first-order valence-corrected chi connectivity index (χ1v) is 6.32. The Morgan fingerprint density at radius 2 is 1.89 bits per heavy atom. The van der Waals surface area contributed by atoms with E-state index in [1.54, 1.807) is 6.07 Å². The van der Waals surface area contributed by atoms with E-state index in [9.17, 15) is 0 Å². The highest BCUT2D eigenvalue weighted by atomic mass is 35.5. The van der Waals surface area contributed by atoms with Gasteiger partial charge in [-0.3, -0.25) is 0 Å². The van der Waals surface area contributed by atoms with Crippen molar-refractivity contribution in [3.63, 3.8) is 0 Å². The maximum Gasteiger partial charge on any atom is 0.201 e. The van der Waals surface area contributed by atoms with E-state index < -0.39 is 0 Å². The van der Waals surface area contributed by atoms with Crippen LogP contribution in [-0.2, 0) is 0 Å². The molecule has 2 aromatic rings. The number of aromatic nitrogens is 1. The van der Waals surface area contributed by atoms with Crippen LogP contribution >= 0.6 is 35.4 Å². The molecule has 0 atom stereocenters. The van der Waals surface area contributed by atoms with Crippen molar-refractivity contribution < 1.29 is 4.74 Å². The molecule has 2 nitrogen and oxygen atoms in total. The number of nitrogens with zero attached hydrogens (tertiary/aromatic N) is 1. The molecule has 0 unspecified atom stereocenters. The highest BCUT2D eigenvalue weighted by molar-refractivity contribution is 7.80. The second-order valence-corrected chi connectivity index (χ2v) is 4.86. The molecule has 0 bridgehead atoms. The van der Waals surface area contributed by atoms with Crippen molar-refractivity contribution in [3.05, 3.63) is 57.8 Å². The van der Waals surface area contributed by atoms with E-state index in [1.807, 2.05) is 31.2 Å². The zero-order valence-electron chi connectivity index (χ0n) is 9.48. The molecule has 1 aromatic carbocycles. The number of halogens is 2. The maximum absolute atomic E-state index is 5.95. The van der Waals surface area contributed by atoms with Crippen molar-refractivity contribution >= 4 is 40.5 Å². The second kappa shape index (κ2) is 5.65. The highest BCUT2D eigenvalue weighted by Gasteiger charge is 2.10. The van der Waals surface area contributed by atoms with Gasteiger partial charge in [0.1, 0.15) is 10.9 Å². The lowest BCUT2D eigenvalue weighted by Crippen LogP contribution is -2.08. The van der Waals surface area contributed by atoms with E-state index in [-0.39, 0.29) is 10.2 Å². The normalized spacial score (nSPS) is 10.2. The highest BCUT2D eigenvalue weighted by Crippen LogP contribution is 2.21. The number of thiocarbonyl (C=S) groups is 1. The zero-order chi connectivity index (χ0) is 13.1. The Kier molecular flexibility index (Phi) is 4.17. The molecular formula is C13H9Cl2NOS. The number of hydrogen-bond donors (Lipinski definition) is 0. The fraction of sp³-hybridized carbons (Fsp3) is 0.0769. The van der Waals surface area contributed by atoms with Crippen LogP contribution in [0, 0.1) is 6.92 Å². The average molecular weight is 298 g/mol. The lowest BCUT2D eigenvalue weighted by atomic mass is 10.2. The van der Waals surface area contributed by atoms with Gasteiger partial charge >= 0.3 is 0 Å². The first-order chi connectivity index (χ1) is 8.56. The van der Waals surface area contributed by atoms with Gasteiger partial charge in [0.25, 0.3) is 0 Å². The Hall–Kier alpha value is -1.16. The SMILES string of the molecule is Cc1ccc(OC(=S)c2cc(Cl)cnc2Cl)cc1. The molecule has 0 aliphatic carbocycles. The summed E-state index contributed by atoms with van der Waals surface area (Å²) in [6.07, 6.45) is 1.46. The number of rotatable bonds is 2. The Balaban J connectivity index is 2.21. The van der Waals surface area contributed by atoms with Gasteiger partial charge in [-0.1, -0.05) is 40.9 Å².